The molecule has 13 heavy (non-hydrogen) atoms. The average Bonchev–Trinajstić information content (AvgIpc) is 2.25. The van der Waals surface area contributed by atoms with Crippen molar-refractivity contribution in [1.29, 1.82) is 0 Å². The molecule has 1 heterocycles. The molecule has 0 spiro atoms. The van der Waals surface area contributed by atoms with E-state index in [0.29, 0.717) is 5.92 Å². The molecule has 0 radical (unpaired) electrons. The molecule has 1 aliphatic heterocycles. The van der Waals surface area contributed by atoms with Gasteiger partial charge in [-0.25, -0.2) is 0 Å². The van der Waals surface area contributed by atoms with Gasteiger partial charge >= 0.3 is 0 Å². The summed E-state index contributed by atoms with van der Waals surface area (Å²) in [6.07, 6.45) is 3.10. The molecule has 1 aliphatic rings. The lowest BCUT2D eigenvalue weighted by molar-refractivity contribution is 0.401. The molecule has 0 fully saturated rings. The Morgan fingerprint density at radius 1 is 1.69 bits per heavy atom. The zero-order valence-corrected chi connectivity index (χ0v) is 8.72. The first-order valence-electron chi connectivity index (χ1n) is 4.69. The van der Waals surface area contributed by atoms with Gasteiger partial charge in [-0.3, -0.25) is 0 Å². The highest BCUT2D eigenvalue weighted by Gasteiger charge is 2.24. The van der Waals surface area contributed by atoms with Crippen molar-refractivity contribution in [2.75, 3.05) is 6.54 Å². The molecular weight excluding hydrogens is 160 g/mol. The standard InChI is InChI=1S/C11H18N2/c1-5-9(2)10-6-11(3,4)8-13-12-7-10/h8,10,12H,1,6-7H2,2-4H3. The topological polar surface area (TPSA) is 24.4 Å². The van der Waals surface area contributed by atoms with Gasteiger partial charge in [0, 0.05) is 24.1 Å². The van der Waals surface area contributed by atoms with E-state index in [9.17, 15) is 0 Å². The summed E-state index contributed by atoms with van der Waals surface area (Å²) in [7, 11) is 0. The van der Waals surface area contributed by atoms with Gasteiger partial charge in [0.25, 0.3) is 0 Å². The smallest absolute Gasteiger partial charge is 0.0401 e. The maximum absolute atomic E-state index is 4.15. The van der Waals surface area contributed by atoms with Gasteiger partial charge in [0.1, 0.15) is 0 Å². The summed E-state index contributed by atoms with van der Waals surface area (Å²) in [5.74, 6) is 0.509. The monoisotopic (exact) mass is 178 g/mol. The average molecular weight is 178 g/mol. The molecule has 2 heteroatoms. The highest BCUT2D eigenvalue weighted by Crippen LogP contribution is 2.28. The second-order valence-corrected chi connectivity index (χ2v) is 4.37. The molecule has 0 aromatic carbocycles. The number of rotatable bonds is 1. The Morgan fingerprint density at radius 3 is 3.00 bits per heavy atom. The van der Waals surface area contributed by atoms with E-state index in [2.05, 4.69) is 43.6 Å². The molecule has 1 unspecified atom stereocenters. The maximum Gasteiger partial charge on any atom is 0.0401 e. The van der Waals surface area contributed by atoms with Crippen molar-refractivity contribution in [3.63, 3.8) is 0 Å². The van der Waals surface area contributed by atoms with Crippen molar-refractivity contribution in [1.82, 2.24) is 5.43 Å². The van der Waals surface area contributed by atoms with Gasteiger partial charge in [-0.1, -0.05) is 20.4 Å². The molecule has 0 aliphatic carbocycles. The summed E-state index contributed by atoms with van der Waals surface area (Å²) in [4.78, 5) is 0. The highest BCUT2D eigenvalue weighted by molar-refractivity contribution is 5.64. The third-order valence-corrected chi connectivity index (χ3v) is 2.51. The van der Waals surface area contributed by atoms with E-state index >= 15 is 0 Å². The summed E-state index contributed by atoms with van der Waals surface area (Å²) in [6.45, 7) is 11.1. The fraction of sp³-hybridized carbons (Fsp3) is 0.636. The Hall–Kier alpha value is -1.01. The largest absolute Gasteiger partial charge is 0.310 e. The van der Waals surface area contributed by atoms with Gasteiger partial charge in [0.15, 0.2) is 0 Å². The summed E-state index contributed by atoms with van der Waals surface area (Å²) in [5.41, 5.74) is 7.42. The number of hydrogen-bond acceptors (Lipinski definition) is 2. The minimum absolute atomic E-state index is 0.173. The Balaban J connectivity index is 2.77. The first-order chi connectivity index (χ1) is 6.05. The van der Waals surface area contributed by atoms with Gasteiger partial charge in [-0.05, 0) is 18.9 Å². The normalized spacial score (nSPS) is 25.6. The first-order valence-corrected chi connectivity index (χ1v) is 4.69. The van der Waals surface area contributed by atoms with E-state index in [1.54, 1.807) is 0 Å². The van der Waals surface area contributed by atoms with Crippen LogP contribution in [-0.4, -0.2) is 12.8 Å². The van der Waals surface area contributed by atoms with Crippen LogP contribution in [0.2, 0.25) is 0 Å². The number of nitrogens with one attached hydrogen (secondary N) is 1. The minimum atomic E-state index is 0.173. The van der Waals surface area contributed by atoms with E-state index in [1.165, 1.54) is 5.57 Å². The van der Waals surface area contributed by atoms with Crippen LogP contribution in [-0.2, 0) is 0 Å². The van der Waals surface area contributed by atoms with Crippen molar-refractivity contribution in [2.45, 2.75) is 27.2 Å². The zero-order valence-electron chi connectivity index (χ0n) is 8.72. The molecule has 1 N–H and O–H groups in total. The van der Waals surface area contributed by atoms with Crippen LogP contribution in [0.4, 0.5) is 0 Å². The van der Waals surface area contributed by atoms with Crippen LogP contribution >= 0.6 is 0 Å². The molecule has 72 valence electrons. The van der Waals surface area contributed by atoms with Crippen LogP contribution in [0.3, 0.4) is 0 Å². The van der Waals surface area contributed by atoms with Crippen LogP contribution in [0.1, 0.15) is 27.2 Å². The van der Waals surface area contributed by atoms with Crippen LogP contribution in [0.25, 0.3) is 0 Å². The molecule has 0 aromatic rings. The van der Waals surface area contributed by atoms with E-state index < -0.39 is 0 Å². The Morgan fingerprint density at radius 2 is 2.38 bits per heavy atom. The van der Waals surface area contributed by atoms with Crippen molar-refractivity contribution in [3.8, 4) is 0 Å². The van der Waals surface area contributed by atoms with Gasteiger partial charge in [-0.15, -0.1) is 5.73 Å². The predicted octanol–water partition coefficient (Wildman–Crippen LogP) is 2.34. The Labute approximate surface area is 80.4 Å². The predicted molar refractivity (Wildman–Crippen MR) is 56.7 cm³/mol. The van der Waals surface area contributed by atoms with Crippen molar-refractivity contribution in [3.05, 3.63) is 17.9 Å². The van der Waals surface area contributed by atoms with E-state index in [-0.39, 0.29) is 5.41 Å². The quantitative estimate of drug-likeness (QED) is 0.612. The number of nitrogens with zero attached hydrogens (tertiary/aromatic N) is 1. The molecule has 0 aromatic heterocycles. The van der Waals surface area contributed by atoms with Gasteiger partial charge in [0.2, 0.25) is 0 Å². The van der Waals surface area contributed by atoms with Gasteiger partial charge in [0.05, 0.1) is 0 Å². The lowest BCUT2D eigenvalue weighted by Gasteiger charge is -2.22. The maximum atomic E-state index is 4.15. The first kappa shape index (κ1) is 10.1. The number of hydrazone groups is 1. The zero-order chi connectivity index (χ0) is 9.90. The van der Waals surface area contributed by atoms with Crippen LogP contribution in [0.5, 0.6) is 0 Å². The van der Waals surface area contributed by atoms with E-state index in [1.807, 2.05) is 6.21 Å². The molecule has 0 saturated carbocycles. The molecule has 1 rings (SSSR count). The third-order valence-electron chi connectivity index (χ3n) is 2.51. The molecular formula is C11H18N2. The molecule has 2 nitrogen and oxygen atoms in total. The lowest BCUT2D eigenvalue weighted by atomic mass is 9.81. The fourth-order valence-electron chi connectivity index (χ4n) is 1.59. The summed E-state index contributed by atoms with van der Waals surface area (Å²) in [5, 5.41) is 4.15. The van der Waals surface area contributed by atoms with Crippen LogP contribution < -0.4 is 5.43 Å². The van der Waals surface area contributed by atoms with Gasteiger partial charge < -0.3 is 5.43 Å². The Kier molecular flexibility index (Phi) is 2.94. The van der Waals surface area contributed by atoms with E-state index in [4.69, 9.17) is 0 Å². The van der Waals surface area contributed by atoms with Crippen molar-refractivity contribution in [2.24, 2.45) is 16.4 Å². The lowest BCUT2D eigenvalue weighted by Crippen LogP contribution is -2.21. The van der Waals surface area contributed by atoms with Crippen molar-refractivity contribution >= 4 is 6.21 Å². The summed E-state index contributed by atoms with van der Waals surface area (Å²) < 4.78 is 0. The molecule has 0 amide bonds. The summed E-state index contributed by atoms with van der Waals surface area (Å²) in [6, 6.07) is 0. The molecule has 0 bridgehead atoms. The third kappa shape index (κ3) is 2.74. The Bertz CT molecular complexity index is 257. The van der Waals surface area contributed by atoms with Crippen LogP contribution in [0.15, 0.2) is 23.0 Å². The number of hydrogen-bond donors (Lipinski definition) is 1. The second kappa shape index (κ2) is 3.80. The highest BCUT2D eigenvalue weighted by atomic mass is 15.3. The SMILES string of the molecule is C=C=C(C)C1CNN=CC(C)(C)C1. The fourth-order valence-corrected chi connectivity index (χ4v) is 1.59. The molecule has 1 atom stereocenters. The van der Waals surface area contributed by atoms with E-state index in [0.717, 1.165) is 13.0 Å². The second-order valence-electron chi connectivity index (χ2n) is 4.37. The minimum Gasteiger partial charge on any atom is -0.310 e. The molecule has 0 saturated heterocycles. The van der Waals surface area contributed by atoms with Gasteiger partial charge in [-0.2, -0.15) is 5.10 Å². The van der Waals surface area contributed by atoms with Crippen molar-refractivity contribution < 1.29 is 0 Å². The van der Waals surface area contributed by atoms with Crippen LogP contribution in [0, 0.1) is 11.3 Å². The summed E-state index contributed by atoms with van der Waals surface area (Å²) >= 11 is 0.